The molecule has 0 fully saturated rings. The Labute approximate surface area is 189 Å². The van der Waals surface area contributed by atoms with Crippen LogP contribution in [-0.2, 0) is 11.3 Å². The van der Waals surface area contributed by atoms with E-state index < -0.39 is 5.97 Å². The second-order valence-corrected chi connectivity index (χ2v) is 7.47. The molecule has 3 aromatic rings. The molecule has 0 unspecified atom stereocenters. The molecule has 158 valence electrons. The number of hydrogen-bond donors (Lipinski definition) is 2. The Morgan fingerprint density at radius 1 is 1.03 bits per heavy atom. The second kappa shape index (κ2) is 10.2. The Hall–Kier alpha value is -3.28. The highest BCUT2D eigenvalue weighted by Gasteiger charge is 2.13. The number of carbonyl (C=O) groups excluding carboxylic acids is 1. The van der Waals surface area contributed by atoms with Crippen LogP contribution in [0.15, 0.2) is 66.7 Å². The molecular formula is C24H19Cl2NO4. The van der Waals surface area contributed by atoms with Crippen LogP contribution in [0.25, 0.3) is 17.2 Å². The molecule has 3 aromatic carbocycles. The van der Waals surface area contributed by atoms with Crippen molar-refractivity contribution in [2.45, 2.75) is 6.54 Å². The summed E-state index contributed by atoms with van der Waals surface area (Å²) in [5.74, 6) is -0.697. The van der Waals surface area contributed by atoms with Gasteiger partial charge in [0.15, 0.2) is 0 Å². The summed E-state index contributed by atoms with van der Waals surface area (Å²) in [5.41, 5.74) is 3.69. The maximum Gasteiger partial charge on any atom is 0.328 e. The third-order valence-electron chi connectivity index (χ3n) is 4.53. The highest BCUT2D eigenvalue weighted by Crippen LogP contribution is 2.28. The van der Waals surface area contributed by atoms with Crippen LogP contribution in [0.4, 0.5) is 0 Å². The number of carbonyl (C=O) groups is 2. The zero-order chi connectivity index (χ0) is 22.4. The number of halogens is 2. The van der Waals surface area contributed by atoms with Crippen LogP contribution in [0, 0.1) is 0 Å². The van der Waals surface area contributed by atoms with Gasteiger partial charge >= 0.3 is 5.97 Å². The largest absolute Gasteiger partial charge is 0.496 e. The smallest absolute Gasteiger partial charge is 0.328 e. The first-order chi connectivity index (χ1) is 14.9. The summed E-state index contributed by atoms with van der Waals surface area (Å²) in [6.45, 7) is 0.230. The normalized spacial score (nSPS) is 10.8. The molecule has 31 heavy (non-hydrogen) atoms. The number of amides is 1. The van der Waals surface area contributed by atoms with Crippen LogP contribution < -0.4 is 10.1 Å². The van der Waals surface area contributed by atoms with E-state index in [4.69, 9.17) is 33.0 Å². The summed E-state index contributed by atoms with van der Waals surface area (Å²) >= 11 is 12.0. The predicted octanol–water partition coefficient (Wildman–Crippen LogP) is 5.70. The Kier molecular flexibility index (Phi) is 7.34. The van der Waals surface area contributed by atoms with Gasteiger partial charge in [0.2, 0.25) is 0 Å². The number of carboxylic acids is 1. The summed E-state index contributed by atoms with van der Waals surface area (Å²) in [7, 11) is 1.56. The molecule has 0 heterocycles. The molecule has 0 aliphatic rings. The zero-order valence-corrected chi connectivity index (χ0v) is 18.1. The van der Waals surface area contributed by atoms with Crippen molar-refractivity contribution in [2.75, 3.05) is 7.11 Å². The van der Waals surface area contributed by atoms with E-state index in [9.17, 15) is 9.59 Å². The van der Waals surface area contributed by atoms with Crippen molar-refractivity contribution in [1.82, 2.24) is 5.32 Å². The van der Waals surface area contributed by atoms with Crippen LogP contribution in [0.1, 0.15) is 21.5 Å². The number of nitrogens with one attached hydrogen (secondary N) is 1. The summed E-state index contributed by atoms with van der Waals surface area (Å²) in [4.78, 5) is 23.3. The molecule has 0 saturated heterocycles. The van der Waals surface area contributed by atoms with Gasteiger partial charge in [-0.1, -0.05) is 47.5 Å². The van der Waals surface area contributed by atoms with Crippen molar-refractivity contribution in [2.24, 2.45) is 0 Å². The van der Waals surface area contributed by atoms with Gasteiger partial charge in [0.05, 0.1) is 17.7 Å². The summed E-state index contributed by atoms with van der Waals surface area (Å²) < 4.78 is 5.43. The Morgan fingerprint density at radius 2 is 1.81 bits per heavy atom. The minimum atomic E-state index is -1.01. The predicted molar refractivity (Wildman–Crippen MR) is 123 cm³/mol. The van der Waals surface area contributed by atoms with Gasteiger partial charge in [-0.25, -0.2) is 4.79 Å². The van der Waals surface area contributed by atoms with Crippen molar-refractivity contribution in [3.63, 3.8) is 0 Å². The van der Waals surface area contributed by atoms with E-state index in [0.29, 0.717) is 16.3 Å². The van der Waals surface area contributed by atoms with Gasteiger partial charge in [-0.15, -0.1) is 0 Å². The Morgan fingerprint density at radius 3 is 2.52 bits per heavy atom. The topological polar surface area (TPSA) is 75.6 Å². The SMILES string of the molecule is COc1ccc(-c2cccc(/C=C/C(=O)O)c2)cc1CNC(=O)c1ccc(Cl)cc1Cl. The van der Waals surface area contributed by atoms with E-state index >= 15 is 0 Å². The van der Waals surface area contributed by atoms with Crippen LogP contribution in [0.3, 0.4) is 0 Å². The first-order valence-corrected chi connectivity index (χ1v) is 10.0. The molecule has 0 radical (unpaired) electrons. The van der Waals surface area contributed by atoms with Crippen molar-refractivity contribution in [1.29, 1.82) is 0 Å². The maximum atomic E-state index is 12.5. The van der Waals surface area contributed by atoms with E-state index in [2.05, 4.69) is 5.32 Å². The first kappa shape index (κ1) is 22.4. The second-order valence-electron chi connectivity index (χ2n) is 6.63. The van der Waals surface area contributed by atoms with Gasteiger partial charge in [-0.3, -0.25) is 4.79 Å². The van der Waals surface area contributed by atoms with Gasteiger partial charge in [-0.2, -0.15) is 0 Å². The third kappa shape index (κ3) is 5.87. The van der Waals surface area contributed by atoms with Gasteiger partial charge in [-0.05, 0) is 59.2 Å². The van der Waals surface area contributed by atoms with Crippen molar-refractivity contribution >= 4 is 41.2 Å². The number of aliphatic carboxylic acids is 1. The summed E-state index contributed by atoms with van der Waals surface area (Å²) in [5, 5.41) is 12.4. The van der Waals surface area contributed by atoms with Crippen LogP contribution in [0.5, 0.6) is 5.75 Å². The number of ether oxygens (including phenoxy) is 1. The fourth-order valence-corrected chi connectivity index (χ4v) is 3.52. The van der Waals surface area contributed by atoms with Crippen molar-refractivity contribution in [3.8, 4) is 16.9 Å². The molecular weight excluding hydrogens is 437 g/mol. The molecule has 5 nitrogen and oxygen atoms in total. The number of benzene rings is 3. The minimum absolute atomic E-state index is 0.230. The number of carboxylic acid groups (broad SMARTS) is 1. The quantitative estimate of drug-likeness (QED) is 0.448. The lowest BCUT2D eigenvalue weighted by Gasteiger charge is -2.13. The summed E-state index contributed by atoms with van der Waals surface area (Å²) in [6.07, 6.45) is 2.63. The highest BCUT2D eigenvalue weighted by atomic mass is 35.5. The molecule has 0 aromatic heterocycles. The molecule has 0 aliphatic heterocycles. The molecule has 3 rings (SSSR count). The fourth-order valence-electron chi connectivity index (χ4n) is 3.03. The zero-order valence-electron chi connectivity index (χ0n) is 16.6. The van der Waals surface area contributed by atoms with Gasteiger partial charge in [0.1, 0.15) is 5.75 Å². The lowest BCUT2D eigenvalue weighted by atomic mass is 10.00. The number of hydrogen-bond acceptors (Lipinski definition) is 3. The van der Waals surface area contributed by atoms with Gasteiger partial charge < -0.3 is 15.2 Å². The monoisotopic (exact) mass is 455 g/mol. The average Bonchev–Trinajstić information content (AvgIpc) is 2.76. The Balaban J connectivity index is 1.83. The van der Waals surface area contributed by atoms with E-state index in [0.717, 1.165) is 28.3 Å². The van der Waals surface area contributed by atoms with Crippen LogP contribution >= 0.6 is 23.2 Å². The first-order valence-electron chi connectivity index (χ1n) is 9.29. The maximum absolute atomic E-state index is 12.5. The molecule has 0 bridgehead atoms. The Bertz CT molecular complexity index is 1160. The number of rotatable bonds is 7. The van der Waals surface area contributed by atoms with Crippen molar-refractivity contribution < 1.29 is 19.4 Å². The molecule has 7 heteroatoms. The molecule has 0 saturated carbocycles. The van der Waals surface area contributed by atoms with E-state index in [1.807, 2.05) is 42.5 Å². The lowest BCUT2D eigenvalue weighted by molar-refractivity contribution is -0.131. The molecule has 0 spiro atoms. The van der Waals surface area contributed by atoms with E-state index in [1.165, 1.54) is 12.1 Å². The fraction of sp³-hybridized carbons (Fsp3) is 0.0833. The van der Waals surface area contributed by atoms with Crippen molar-refractivity contribution in [3.05, 3.63) is 93.5 Å². The van der Waals surface area contributed by atoms with E-state index in [-0.39, 0.29) is 17.5 Å². The standard InChI is InChI=1S/C24H19Cl2NO4/c1-31-22-9-6-17(16-4-2-3-15(11-16)5-10-23(28)29)12-18(22)14-27-24(30)20-8-7-19(25)13-21(20)26/h2-13H,14H2,1H3,(H,27,30)(H,28,29)/b10-5+. The number of methoxy groups -OCH3 is 1. The van der Waals surface area contributed by atoms with Gasteiger partial charge in [0.25, 0.3) is 5.91 Å². The minimum Gasteiger partial charge on any atom is -0.496 e. The van der Waals surface area contributed by atoms with Crippen LogP contribution in [-0.4, -0.2) is 24.1 Å². The van der Waals surface area contributed by atoms with E-state index in [1.54, 1.807) is 19.2 Å². The van der Waals surface area contributed by atoms with Crippen LogP contribution in [0.2, 0.25) is 10.0 Å². The van der Waals surface area contributed by atoms with Gasteiger partial charge in [0, 0.05) is 23.2 Å². The molecule has 0 aliphatic carbocycles. The highest BCUT2D eigenvalue weighted by molar-refractivity contribution is 6.36. The molecule has 1 amide bonds. The molecule has 0 atom stereocenters. The molecule has 2 N–H and O–H groups in total. The third-order valence-corrected chi connectivity index (χ3v) is 5.08. The lowest BCUT2D eigenvalue weighted by Crippen LogP contribution is -2.23. The summed E-state index contributed by atoms with van der Waals surface area (Å²) in [6, 6.07) is 17.8. The average molecular weight is 456 g/mol.